The van der Waals surface area contributed by atoms with Crippen molar-refractivity contribution in [1.29, 1.82) is 0 Å². The van der Waals surface area contributed by atoms with Crippen molar-refractivity contribution in [3.63, 3.8) is 0 Å². The van der Waals surface area contributed by atoms with Crippen LogP contribution in [0.2, 0.25) is 0 Å². The van der Waals surface area contributed by atoms with Crippen molar-refractivity contribution in [2.45, 2.75) is 51.0 Å². The number of benzene rings is 1. The molecule has 3 heteroatoms. The van der Waals surface area contributed by atoms with Gasteiger partial charge in [0, 0.05) is 16.1 Å². The second kappa shape index (κ2) is 8.04. The van der Waals surface area contributed by atoms with Gasteiger partial charge in [-0.3, -0.25) is 0 Å². The number of nitrogens with one attached hydrogen (secondary N) is 1. The third-order valence-electron chi connectivity index (χ3n) is 4.46. The fourth-order valence-electron chi connectivity index (χ4n) is 3.31. The highest BCUT2D eigenvalue weighted by molar-refractivity contribution is 9.10. The number of hydrogen-bond donors (Lipinski definition) is 1. The number of ether oxygens (including phenoxy) is 1. The van der Waals surface area contributed by atoms with Crippen LogP contribution in [0.1, 0.15) is 56.6 Å². The zero-order chi connectivity index (χ0) is 14.4. The average molecular weight is 340 g/mol. The van der Waals surface area contributed by atoms with Crippen LogP contribution in [-0.4, -0.2) is 14.2 Å². The molecule has 2 nitrogen and oxygen atoms in total. The second-order valence-electron chi connectivity index (χ2n) is 5.82. The number of halogens is 1. The molecule has 0 radical (unpaired) electrons. The van der Waals surface area contributed by atoms with Gasteiger partial charge in [0.1, 0.15) is 5.75 Å². The normalized spacial score (nSPS) is 18.6. The van der Waals surface area contributed by atoms with E-state index < -0.39 is 0 Å². The van der Waals surface area contributed by atoms with Crippen LogP contribution in [0.4, 0.5) is 0 Å². The summed E-state index contributed by atoms with van der Waals surface area (Å²) in [5.74, 6) is 1.83. The molecule has 0 bridgehead atoms. The van der Waals surface area contributed by atoms with Crippen molar-refractivity contribution < 1.29 is 4.74 Å². The molecule has 0 aliphatic heterocycles. The topological polar surface area (TPSA) is 21.3 Å². The highest BCUT2D eigenvalue weighted by Crippen LogP contribution is 2.35. The van der Waals surface area contributed by atoms with Crippen LogP contribution < -0.4 is 10.1 Å². The summed E-state index contributed by atoms with van der Waals surface area (Å²) in [5.41, 5.74) is 1.27. The predicted octanol–water partition coefficient (Wildman–Crippen LogP) is 5.08. The van der Waals surface area contributed by atoms with E-state index in [1.54, 1.807) is 7.11 Å². The molecule has 1 aromatic rings. The smallest absolute Gasteiger partial charge is 0.123 e. The third kappa shape index (κ3) is 4.23. The van der Waals surface area contributed by atoms with Gasteiger partial charge >= 0.3 is 0 Å². The van der Waals surface area contributed by atoms with Crippen molar-refractivity contribution in [2.24, 2.45) is 5.92 Å². The number of rotatable bonds is 5. The molecule has 0 heterocycles. The van der Waals surface area contributed by atoms with Gasteiger partial charge in [-0.15, -0.1) is 0 Å². The Hall–Kier alpha value is -0.540. The zero-order valence-corrected chi connectivity index (χ0v) is 14.2. The molecule has 0 amide bonds. The van der Waals surface area contributed by atoms with E-state index in [2.05, 4.69) is 40.4 Å². The van der Waals surface area contributed by atoms with E-state index in [4.69, 9.17) is 4.74 Å². The maximum atomic E-state index is 5.54. The van der Waals surface area contributed by atoms with Crippen molar-refractivity contribution in [1.82, 2.24) is 5.32 Å². The molecule has 0 aromatic heterocycles. The monoisotopic (exact) mass is 339 g/mol. The fraction of sp³-hybridized carbons (Fsp3) is 0.647. The van der Waals surface area contributed by atoms with Gasteiger partial charge in [0.2, 0.25) is 0 Å². The fourth-order valence-corrected chi connectivity index (χ4v) is 3.69. The van der Waals surface area contributed by atoms with Crippen LogP contribution in [0.5, 0.6) is 5.75 Å². The van der Waals surface area contributed by atoms with E-state index in [0.717, 1.165) is 16.1 Å². The van der Waals surface area contributed by atoms with Gasteiger partial charge in [-0.1, -0.05) is 54.5 Å². The Bertz CT molecular complexity index is 413. The van der Waals surface area contributed by atoms with Crippen molar-refractivity contribution in [3.05, 3.63) is 28.2 Å². The molecule has 2 rings (SSSR count). The number of methoxy groups -OCH3 is 1. The Balaban J connectivity index is 2.12. The van der Waals surface area contributed by atoms with Gasteiger partial charge in [-0.05, 0) is 37.6 Å². The third-order valence-corrected chi connectivity index (χ3v) is 4.95. The maximum absolute atomic E-state index is 5.54. The second-order valence-corrected chi connectivity index (χ2v) is 6.74. The molecule has 112 valence electrons. The Morgan fingerprint density at radius 2 is 1.95 bits per heavy atom. The van der Waals surface area contributed by atoms with Gasteiger partial charge in [-0.25, -0.2) is 0 Å². The first-order valence-corrected chi connectivity index (χ1v) is 8.54. The van der Waals surface area contributed by atoms with Crippen LogP contribution in [0.15, 0.2) is 22.7 Å². The summed E-state index contributed by atoms with van der Waals surface area (Å²) in [6, 6.07) is 6.67. The molecule has 1 aliphatic rings. The van der Waals surface area contributed by atoms with Crippen molar-refractivity contribution >= 4 is 15.9 Å². The predicted molar refractivity (Wildman–Crippen MR) is 88.3 cm³/mol. The first-order chi connectivity index (χ1) is 9.74. The van der Waals surface area contributed by atoms with Gasteiger partial charge in [0.25, 0.3) is 0 Å². The molecule has 20 heavy (non-hydrogen) atoms. The largest absolute Gasteiger partial charge is 0.496 e. The molecule has 1 aliphatic carbocycles. The molecule has 1 unspecified atom stereocenters. The molecule has 0 saturated heterocycles. The molecule has 1 N–H and O–H groups in total. The van der Waals surface area contributed by atoms with Crippen molar-refractivity contribution in [3.8, 4) is 5.75 Å². The average Bonchev–Trinajstić information content (AvgIpc) is 2.73. The van der Waals surface area contributed by atoms with Crippen molar-refractivity contribution in [2.75, 3.05) is 14.2 Å². The van der Waals surface area contributed by atoms with E-state index >= 15 is 0 Å². The molecule has 0 spiro atoms. The summed E-state index contributed by atoms with van der Waals surface area (Å²) < 4.78 is 6.66. The minimum absolute atomic E-state index is 0.380. The minimum Gasteiger partial charge on any atom is -0.496 e. The van der Waals surface area contributed by atoms with E-state index in [1.165, 1.54) is 50.5 Å². The quantitative estimate of drug-likeness (QED) is 0.755. The lowest BCUT2D eigenvalue weighted by Gasteiger charge is -2.24. The number of hydrogen-bond acceptors (Lipinski definition) is 2. The summed E-state index contributed by atoms with van der Waals surface area (Å²) in [6.07, 6.45) is 9.61. The van der Waals surface area contributed by atoms with Crippen LogP contribution in [0.25, 0.3) is 0 Å². The molecule has 1 aromatic carbocycles. The summed E-state index contributed by atoms with van der Waals surface area (Å²) in [6.45, 7) is 0. The molecule has 1 saturated carbocycles. The minimum atomic E-state index is 0.380. The Morgan fingerprint density at radius 3 is 2.55 bits per heavy atom. The molecule has 1 atom stereocenters. The first kappa shape index (κ1) is 15.8. The zero-order valence-electron chi connectivity index (χ0n) is 12.6. The van der Waals surface area contributed by atoms with Gasteiger partial charge in [0.05, 0.1) is 7.11 Å². The highest BCUT2D eigenvalue weighted by atomic mass is 79.9. The Labute approximate surface area is 131 Å². The van der Waals surface area contributed by atoms with Crippen LogP contribution in [0, 0.1) is 5.92 Å². The molecule has 1 fully saturated rings. The van der Waals surface area contributed by atoms with Crippen LogP contribution in [0.3, 0.4) is 0 Å². The maximum Gasteiger partial charge on any atom is 0.123 e. The summed E-state index contributed by atoms with van der Waals surface area (Å²) in [5, 5.41) is 3.49. The van der Waals surface area contributed by atoms with Gasteiger partial charge < -0.3 is 10.1 Å². The van der Waals surface area contributed by atoms with E-state index in [-0.39, 0.29) is 0 Å². The highest BCUT2D eigenvalue weighted by Gasteiger charge is 2.21. The van der Waals surface area contributed by atoms with Crippen LogP contribution in [-0.2, 0) is 0 Å². The van der Waals surface area contributed by atoms with Gasteiger partial charge in [0.15, 0.2) is 0 Å². The SMILES string of the molecule is CNC(CC1CCCCCC1)c1cc(Br)ccc1OC. The van der Waals surface area contributed by atoms with E-state index in [1.807, 2.05) is 6.07 Å². The standard InChI is InChI=1S/C17H26BrNO/c1-19-16(11-13-7-5-3-4-6-8-13)15-12-14(18)9-10-17(15)20-2/h9-10,12-13,16,19H,3-8,11H2,1-2H3. The van der Waals surface area contributed by atoms with E-state index in [0.29, 0.717) is 6.04 Å². The Morgan fingerprint density at radius 1 is 1.25 bits per heavy atom. The molecular weight excluding hydrogens is 314 g/mol. The summed E-state index contributed by atoms with van der Waals surface area (Å²) in [4.78, 5) is 0. The Kier molecular flexibility index (Phi) is 6.37. The summed E-state index contributed by atoms with van der Waals surface area (Å²) >= 11 is 3.58. The lowest BCUT2D eigenvalue weighted by Crippen LogP contribution is -2.20. The lowest BCUT2D eigenvalue weighted by molar-refractivity contribution is 0.352. The van der Waals surface area contributed by atoms with Crippen LogP contribution >= 0.6 is 15.9 Å². The van der Waals surface area contributed by atoms with E-state index in [9.17, 15) is 0 Å². The lowest BCUT2D eigenvalue weighted by atomic mass is 9.89. The van der Waals surface area contributed by atoms with Gasteiger partial charge in [-0.2, -0.15) is 0 Å². The molecular formula is C17H26BrNO. The first-order valence-electron chi connectivity index (χ1n) is 7.75. The summed E-state index contributed by atoms with van der Waals surface area (Å²) in [7, 11) is 3.81.